The van der Waals surface area contributed by atoms with Gasteiger partial charge in [0.05, 0.1) is 19.8 Å². The van der Waals surface area contributed by atoms with Gasteiger partial charge >= 0.3 is 0 Å². The van der Waals surface area contributed by atoms with Gasteiger partial charge in [0.1, 0.15) is 5.75 Å². The lowest BCUT2D eigenvalue weighted by Crippen LogP contribution is -2.38. The first-order valence-electron chi connectivity index (χ1n) is 10.9. The number of ether oxygens (including phenoxy) is 2. The Kier molecular flexibility index (Phi) is 8.96. The number of hydrogen-bond acceptors (Lipinski definition) is 6. The molecule has 1 aliphatic heterocycles. The Balaban J connectivity index is 1.33. The molecule has 2 heterocycles. The third kappa shape index (κ3) is 7.02. The molecule has 0 bridgehead atoms. The number of rotatable bonds is 11. The summed E-state index contributed by atoms with van der Waals surface area (Å²) in [5, 5.41) is 10.8. The minimum Gasteiger partial charge on any atom is -0.497 e. The molecular weight excluding hydrogens is 382 g/mol. The molecule has 0 amide bonds. The third-order valence-corrected chi connectivity index (χ3v) is 5.00. The fourth-order valence-electron chi connectivity index (χ4n) is 3.32. The number of aryl methyl sites for hydroxylation is 1. The van der Waals surface area contributed by atoms with Crippen LogP contribution in [0, 0.1) is 0 Å². The Morgan fingerprint density at radius 3 is 2.80 bits per heavy atom. The fraction of sp³-hybridized carbons (Fsp3) is 0.591. The van der Waals surface area contributed by atoms with Gasteiger partial charge in [-0.1, -0.05) is 11.6 Å². The van der Waals surface area contributed by atoms with Gasteiger partial charge in [0, 0.05) is 31.7 Å². The molecular formula is C22H33N5O3. The van der Waals surface area contributed by atoms with Crippen molar-refractivity contribution < 1.29 is 14.0 Å². The monoisotopic (exact) mass is 415 g/mol. The van der Waals surface area contributed by atoms with Crippen LogP contribution in [0.2, 0.25) is 0 Å². The second kappa shape index (κ2) is 12.2. The highest BCUT2D eigenvalue weighted by molar-refractivity contribution is 5.79. The zero-order valence-corrected chi connectivity index (χ0v) is 18.0. The molecule has 1 atom stereocenters. The molecule has 0 radical (unpaired) electrons. The van der Waals surface area contributed by atoms with Gasteiger partial charge in [-0.25, -0.2) is 0 Å². The molecule has 30 heavy (non-hydrogen) atoms. The van der Waals surface area contributed by atoms with Crippen molar-refractivity contribution >= 4 is 5.96 Å². The van der Waals surface area contributed by atoms with E-state index in [0.29, 0.717) is 11.7 Å². The van der Waals surface area contributed by atoms with Gasteiger partial charge in [0.15, 0.2) is 5.96 Å². The normalized spacial score (nSPS) is 16.6. The molecule has 0 aliphatic carbocycles. The summed E-state index contributed by atoms with van der Waals surface area (Å²) in [5.41, 5.74) is 0.924. The van der Waals surface area contributed by atoms with Crippen molar-refractivity contribution in [2.75, 3.05) is 33.4 Å². The topological polar surface area (TPSA) is 93.8 Å². The van der Waals surface area contributed by atoms with Gasteiger partial charge in [-0.2, -0.15) is 4.98 Å². The van der Waals surface area contributed by atoms with E-state index in [2.05, 4.69) is 32.7 Å². The van der Waals surface area contributed by atoms with Crippen molar-refractivity contribution in [1.29, 1.82) is 0 Å². The van der Waals surface area contributed by atoms with Crippen LogP contribution in [-0.2, 0) is 11.2 Å². The third-order valence-electron chi connectivity index (χ3n) is 5.00. The van der Waals surface area contributed by atoms with Crippen LogP contribution in [0.15, 0.2) is 33.8 Å². The molecule has 1 unspecified atom stereocenters. The lowest BCUT2D eigenvalue weighted by molar-refractivity contribution is 0.117. The highest BCUT2D eigenvalue weighted by Crippen LogP contribution is 2.20. The number of nitrogens with one attached hydrogen (secondary N) is 2. The molecule has 0 saturated carbocycles. The van der Waals surface area contributed by atoms with Crippen LogP contribution in [0.25, 0.3) is 11.4 Å². The van der Waals surface area contributed by atoms with Crippen LogP contribution < -0.4 is 15.4 Å². The summed E-state index contributed by atoms with van der Waals surface area (Å²) >= 11 is 0. The van der Waals surface area contributed by atoms with Crippen LogP contribution in [0.1, 0.15) is 44.9 Å². The first-order valence-corrected chi connectivity index (χ1v) is 10.9. The van der Waals surface area contributed by atoms with Crippen molar-refractivity contribution in [3.05, 3.63) is 30.2 Å². The molecule has 164 valence electrons. The minimum absolute atomic E-state index is 0.276. The predicted octanol–water partition coefficient (Wildman–Crippen LogP) is 3.19. The molecule has 2 aromatic rings. The van der Waals surface area contributed by atoms with Crippen LogP contribution in [-0.4, -0.2) is 55.6 Å². The predicted molar refractivity (Wildman–Crippen MR) is 117 cm³/mol. The van der Waals surface area contributed by atoms with Crippen LogP contribution >= 0.6 is 0 Å². The number of methoxy groups -OCH3 is 1. The number of aliphatic imine (C=N–C) groups is 1. The van der Waals surface area contributed by atoms with Gasteiger partial charge in [-0.15, -0.1) is 0 Å². The van der Waals surface area contributed by atoms with Gasteiger partial charge in [-0.3, -0.25) is 4.99 Å². The van der Waals surface area contributed by atoms with E-state index in [9.17, 15) is 0 Å². The van der Waals surface area contributed by atoms with E-state index in [-0.39, 0.29) is 6.10 Å². The van der Waals surface area contributed by atoms with Gasteiger partial charge in [0.2, 0.25) is 11.7 Å². The zero-order valence-electron chi connectivity index (χ0n) is 18.0. The number of benzene rings is 1. The standard InChI is InChI=1S/C22H33N5O3/c1-3-23-22(25-16-19-8-7-15-29-19)24-14-6-4-5-9-20-26-21(27-30-20)17-10-12-18(28-2)13-11-17/h10-13,19H,3-9,14-16H2,1-2H3,(H2,23,24,25). The SMILES string of the molecule is CCNC(=NCC1CCCO1)NCCCCCc1nc(-c2ccc(OC)cc2)no1. The number of guanidine groups is 1. The molecule has 1 aromatic heterocycles. The van der Waals surface area contributed by atoms with Crippen molar-refractivity contribution in [1.82, 2.24) is 20.8 Å². The summed E-state index contributed by atoms with van der Waals surface area (Å²) in [6.45, 7) is 5.41. The van der Waals surface area contributed by atoms with Gasteiger partial charge in [0.25, 0.3) is 0 Å². The Morgan fingerprint density at radius 2 is 2.07 bits per heavy atom. The summed E-state index contributed by atoms with van der Waals surface area (Å²) in [5.74, 6) is 2.98. The quantitative estimate of drug-likeness (QED) is 0.331. The highest BCUT2D eigenvalue weighted by atomic mass is 16.5. The maximum absolute atomic E-state index is 5.63. The van der Waals surface area contributed by atoms with Crippen molar-refractivity contribution in [3.8, 4) is 17.1 Å². The first-order chi connectivity index (χ1) is 14.8. The Bertz CT molecular complexity index is 769. The van der Waals surface area contributed by atoms with Crippen molar-refractivity contribution in [2.24, 2.45) is 4.99 Å². The molecule has 1 aromatic carbocycles. The highest BCUT2D eigenvalue weighted by Gasteiger charge is 2.14. The zero-order chi connectivity index (χ0) is 21.0. The largest absolute Gasteiger partial charge is 0.497 e. The number of nitrogens with zero attached hydrogens (tertiary/aromatic N) is 3. The molecule has 3 rings (SSSR count). The fourth-order valence-corrected chi connectivity index (χ4v) is 3.32. The summed E-state index contributed by atoms with van der Waals surface area (Å²) in [6.07, 6.45) is 6.47. The Morgan fingerprint density at radius 1 is 1.20 bits per heavy atom. The van der Waals surface area contributed by atoms with E-state index in [1.165, 1.54) is 0 Å². The van der Waals surface area contributed by atoms with Crippen molar-refractivity contribution in [2.45, 2.75) is 51.6 Å². The average molecular weight is 416 g/mol. The molecule has 1 aliphatic rings. The molecule has 8 heteroatoms. The van der Waals surface area contributed by atoms with Crippen LogP contribution in [0.3, 0.4) is 0 Å². The molecule has 1 fully saturated rings. The van der Waals surface area contributed by atoms with Gasteiger partial charge in [-0.05, 0) is 56.9 Å². The van der Waals surface area contributed by atoms with Crippen molar-refractivity contribution in [3.63, 3.8) is 0 Å². The summed E-state index contributed by atoms with van der Waals surface area (Å²) in [4.78, 5) is 9.12. The molecule has 0 spiro atoms. The van der Waals surface area contributed by atoms with E-state index in [4.69, 9.17) is 14.0 Å². The van der Waals surface area contributed by atoms with Crippen LogP contribution in [0.5, 0.6) is 5.75 Å². The van der Waals surface area contributed by atoms with E-state index < -0.39 is 0 Å². The minimum atomic E-state index is 0.276. The summed E-state index contributed by atoms with van der Waals surface area (Å²) in [6, 6.07) is 7.65. The van der Waals surface area contributed by atoms with E-state index in [1.54, 1.807) is 7.11 Å². The molecule has 8 nitrogen and oxygen atoms in total. The second-order valence-corrected chi connectivity index (χ2v) is 7.33. The molecule has 2 N–H and O–H groups in total. The summed E-state index contributed by atoms with van der Waals surface area (Å²) in [7, 11) is 1.65. The second-order valence-electron chi connectivity index (χ2n) is 7.33. The van der Waals surface area contributed by atoms with Crippen LogP contribution in [0.4, 0.5) is 0 Å². The maximum atomic E-state index is 5.63. The van der Waals surface area contributed by atoms with Gasteiger partial charge < -0.3 is 24.6 Å². The number of hydrogen-bond donors (Lipinski definition) is 2. The number of aromatic nitrogens is 2. The summed E-state index contributed by atoms with van der Waals surface area (Å²) < 4.78 is 16.2. The van der Waals surface area contributed by atoms with E-state index in [1.807, 2.05) is 24.3 Å². The lowest BCUT2D eigenvalue weighted by Gasteiger charge is -2.12. The first kappa shape index (κ1) is 22.1. The smallest absolute Gasteiger partial charge is 0.226 e. The average Bonchev–Trinajstić information content (AvgIpc) is 3.46. The van der Waals surface area contributed by atoms with E-state index >= 15 is 0 Å². The molecule has 1 saturated heterocycles. The Hall–Kier alpha value is -2.61. The number of unbranched alkanes of at least 4 members (excludes halogenated alkanes) is 2. The maximum Gasteiger partial charge on any atom is 0.226 e. The Labute approximate surface area is 178 Å². The van der Waals surface area contributed by atoms with E-state index in [0.717, 1.165) is 82.0 Å². The lowest BCUT2D eigenvalue weighted by atomic mass is 10.2.